The lowest BCUT2D eigenvalue weighted by Gasteiger charge is -2.42. The molecular weight excluding hydrogens is 561 g/mol. The highest BCUT2D eigenvalue weighted by atomic mass is 127. The summed E-state index contributed by atoms with van der Waals surface area (Å²) in [4.78, 5) is 0. The maximum Gasteiger partial charge on any atom is 0.144 e. The van der Waals surface area contributed by atoms with E-state index in [0.29, 0.717) is 4.05 Å². The summed E-state index contributed by atoms with van der Waals surface area (Å²) in [6.45, 7) is 7.98. The Labute approximate surface area is 246 Å². The number of halogens is 1. The van der Waals surface area contributed by atoms with E-state index in [1.807, 2.05) is 0 Å². The molecule has 1 aromatic rings. The number of benzene rings is 1. The molecule has 1 aromatic carbocycles. The minimum absolute atomic E-state index is 0.549. The van der Waals surface area contributed by atoms with Crippen LogP contribution in [-0.2, 0) is 6.42 Å². The maximum absolute atomic E-state index is 6.02. The lowest BCUT2D eigenvalue weighted by atomic mass is 10.0. The number of alkyl halides is 1. The lowest BCUT2D eigenvalue weighted by Crippen LogP contribution is -2.55. The Hall–Kier alpha value is -0.530. The molecule has 1 nitrogen and oxygen atoms in total. The summed E-state index contributed by atoms with van der Waals surface area (Å²) < 4.78 is 1.66. The first-order valence-corrected chi connectivity index (χ1v) is 17.4. The largest absolute Gasteiger partial charge is 0.303 e. The van der Waals surface area contributed by atoms with Gasteiger partial charge in [0.15, 0.2) is 0 Å². The Balaban J connectivity index is 2.50. The van der Waals surface area contributed by atoms with Crippen molar-refractivity contribution >= 4 is 22.6 Å². The van der Waals surface area contributed by atoms with E-state index in [9.17, 15) is 0 Å². The fourth-order valence-electron chi connectivity index (χ4n) is 5.66. The smallest absolute Gasteiger partial charge is 0.144 e. The zero-order valence-corrected chi connectivity index (χ0v) is 27.0. The Bertz CT molecular complexity index is 625. The highest BCUT2D eigenvalue weighted by molar-refractivity contribution is 14.1. The van der Waals surface area contributed by atoms with Gasteiger partial charge in [-0.3, -0.25) is 0 Å². The van der Waals surface area contributed by atoms with E-state index in [-0.39, 0.29) is 0 Å². The topological polar surface area (TPSA) is 0 Å². The summed E-state index contributed by atoms with van der Waals surface area (Å²) in [7, 11) is 0. The number of hydrogen-bond donors (Lipinski definition) is 0. The van der Waals surface area contributed by atoms with Crippen LogP contribution in [-0.4, -0.2) is 28.2 Å². The van der Waals surface area contributed by atoms with Gasteiger partial charge in [0.2, 0.25) is 0 Å². The van der Waals surface area contributed by atoms with E-state index in [2.05, 4.69) is 72.7 Å². The Morgan fingerprint density at radius 3 is 1.38 bits per heavy atom. The summed E-state index contributed by atoms with van der Waals surface area (Å²) in [5, 5.41) is 0. The second kappa shape index (κ2) is 24.5. The van der Waals surface area contributed by atoms with Gasteiger partial charge in [0, 0.05) is 6.42 Å². The molecule has 0 fully saturated rings. The molecule has 0 heterocycles. The minimum atomic E-state index is 0.549. The van der Waals surface area contributed by atoms with Crippen molar-refractivity contribution in [3.8, 4) is 12.3 Å². The number of hydrogen-bond acceptors (Lipinski definition) is 0. The third-order valence-electron chi connectivity index (χ3n) is 8.16. The molecule has 0 saturated heterocycles. The third-order valence-corrected chi connectivity index (χ3v) is 9.78. The molecule has 0 amide bonds. The summed E-state index contributed by atoms with van der Waals surface area (Å²) in [6.07, 6.45) is 35.1. The van der Waals surface area contributed by atoms with Gasteiger partial charge < -0.3 is 4.48 Å². The van der Waals surface area contributed by atoms with Crippen molar-refractivity contribution in [2.45, 2.75) is 153 Å². The monoisotopic (exact) mass is 622 g/mol. The number of terminal acetylenes is 1. The van der Waals surface area contributed by atoms with Gasteiger partial charge in [0.05, 0.1) is 13.1 Å². The second-order valence-electron chi connectivity index (χ2n) is 11.5. The summed E-state index contributed by atoms with van der Waals surface area (Å²) >= 11 is 2.74. The van der Waals surface area contributed by atoms with Crippen LogP contribution in [0.1, 0.15) is 148 Å². The Morgan fingerprint density at radius 1 is 0.622 bits per heavy atom. The first-order valence-electron chi connectivity index (χ1n) is 16.2. The van der Waals surface area contributed by atoms with E-state index in [4.69, 9.17) is 6.42 Å². The van der Waals surface area contributed by atoms with E-state index >= 15 is 0 Å². The zero-order chi connectivity index (χ0) is 26.9. The second-order valence-corrected chi connectivity index (χ2v) is 13.0. The van der Waals surface area contributed by atoms with E-state index in [1.54, 1.807) is 0 Å². The average Bonchev–Trinajstić information content (AvgIpc) is 2.91. The quantitative estimate of drug-likeness (QED) is 0.0241. The van der Waals surface area contributed by atoms with Gasteiger partial charge in [-0.25, -0.2) is 0 Å². The summed E-state index contributed by atoms with van der Waals surface area (Å²) in [6, 6.07) is 11.1. The van der Waals surface area contributed by atoms with Crippen molar-refractivity contribution in [1.29, 1.82) is 0 Å². The highest BCUT2D eigenvalue weighted by Gasteiger charge is 2.33. The molecule has 0 radical (unpaired) electrons. The molecule has 37 heavy (non-hydrogen) atoms. The fraction of sp³-hybridized carbons (Fsp3) is 0.771. The molecule has 0 saturated carbocycles. The molecular formula is C35H61IN+. The van der Waals surface area contributed by atoms with Gasteiger partial charge in [-0.15, -0.1) is 6.42 Å². The summed E-state index contributed by atoms with van der Waals surface area (Å²) in [5.41, 5.74) is 1.45. The summed E-state index contributed by atoms with van der Waals surface area (Å²) in [5.74, 6) is 3.11. The molecule has 0 aliphatic heterocycles. The van der Waals surface area contributed by atoms with Gasteiger partial charge in [-0.05, 0) is 59.8 Å². The Kier molecular flexibility index (Phi) is 22.8. The van der Waals surface area contributed by atoms with Gasteiger partial charge in [0.1, 0.15) is 10.6 Å². The maximum atomic E-state index is 6.02. The van der Waals surface area contributed by atoms with Crippen molar-refractivity contribution in [2.75, 3.05) is 19.6 Å². The van der Waals surface area contributed by atoms with Crippen molar-refractivity contribution in [3.05, 3.63) is 35.9 Å². The molecule has 2 heteroatoms. The van der Waals surface area contributed by atoms with E-state index in [0.717, 1.165) is 17.4 Å². The predicted molar refractivity (Wildman–Crippen MR) is 175 cm³/mol. The normalized spacial score (nSPS) is 12.5. The molecule has 0 aliphatic carbocycles. The van der Waals surface area contributed by atoms with Crippen molar-refractivity contribution < 1.29 is 4.48 Å². The molecule has 1 unspecified atom stereocenters. The zero-order valence-electron chi connectivity index (χ0n) is 24.8. The highest BCUT2D eigenvalue weighted by Crippen LogP contribution is 2.27. The lowest BCUT2D eigenvalue weighted by molar-refractivity contribution is -0.927. The Morgan fingerprint density at radius 2 is 1.00 bits per heavy atom. The van der Waals surface area contributed by atoms with Crippen LogP contribution in [0.25, 0.3) is 0 Å². The van der Waals surface area contributed by atoms with Crippen LogP contribution < -0.4 is 0 Å². The minimum Gasteiger partial charge on any atom is -0.303 e. The van der Waals surface area contributed by atoms with Crippen LogP contribution in [0, 0.1) is 12.3 Å². The van der Waals surface area contributed by atoms with Crippen LogP contribution in [0.3, 0.4) is 0 Å². The van der Waals surface area contributed by atoms with Crippen LogP contribution >= 0.6 is 22.6 Å². The van der Waals surface area contributed by atoms with Crippen molar-refractivity contribution in [1.82, 2.24) is 0 Å². The number of unbranched alkanes of at least 4 members (excludes halogenated alkanes) is 18. The van der Waals surface area contributed by atoms with Gasteiger partial charge >= 0.3 is 0 Å². The van der Waals surface area contributed by atoms with E-state index < -0.39 is 0 Å². The van der Waals surface area contributed by atoms with Gasteiger partial charge in [-0.1, -0.05) is 147 Å². The molecule has 1 atom stereocenters. The predicted octanol–water partition coefficient (Wildman–Crippen LogP) is 11.3. The molecule has 0 N–H and O–H groups in total. The molecule has 0 spiro atoms. The van der Waals surface area contributed by atoms with Crippen molar-refractivity contribution in [2.24, 2.45) is 0 Å². The molecule has 0 aromatic heterocycles. The number of nitrogens with zero attached hydrogens (tertiary/aromatic N) is 1. The molecule has 0 aliphatic rings. The fourth-order valence-corrected chi connectivity index (χ4v) is 6.92. The van der Waals surface area contributed by atoms with Crippen LogP contribution in [0.15, 0.2) is 30.3 Å². The molecule has 212 valence electrons. The van der Waals surface area contributed by atoms with E-state index in [1.165, 1.54) is 147 Å². The number of quaternary nitrogens is 1. The first kappa shape index (κ1) is 34.5. The SMILES string of the molecule is C#CC[N+](CCCCCCCCCCCC)(CCCCCCCCCCCC)C(I)Cc1ccccc1. The van der Waals surface area contributed by atoms with Crippen molar-refractivity contribution in [3.63, 3.8) is 0 Å². The van der Waals surface area contributed by atoms with Gasteiger partial charge in [-0.2, -0.15) is 0 Å². The molecule has 1 rings (SSSR count). The molecule has 0 bridgehead atoms. The van der Waals surface area contributed by atoms with Crippen LogP contribution in [0.5, 0.6) is 0 Å². The standard InChI is InChI=1S/C35H61IN/c1-4-7-9-11-13-15-17-19-21-26-31-37(30-6-3,35(36)33-34-28-24-23-25-29-34)32-27-22-20-18-16-14-12-10-8-5-2/h3,23-25,28-29,35H,4-5,7-22,26-27,30-33H2,1-2H3/q+1. The first-order chi connectivity index (χ1) is 18.2. The van der Waals surface area contributed by atoms with Crippen LogP contribution in [0.4, 0.5) is 0 Å². The number of rotatable bonds is 26. The van der Waals surface area contributed by atoms with Crippen LogP contribution in [0.2, 0.25) is 0 Å². The third kappa shape index (κ3) is 17.6. The average molecular weight is 623 g/mol. The van der Waals surface area contributed by atoms with Gasteiger partial charge in [0.25, 0.3) is 0 Å².